The van der Waals surface area contributed by atoms with Crippen LogP contribution in [0.4, 0.5) is 5.69 Å². The van der Waals surface area contributed by atoms with E-state index in [2.05, 4.69) is 5.32 Å². The molecule has 0 spiro atoms. The first-order valence-electron chi connectivity index (χ1n) is 6.97. The van der Waals surface area contributed by atoms with Crippen molar-refractivity contribution in [2.24, 2.45) is 0 Å². The van der Waals surface area contributed by atoms with Crippen molar-refractivity contribution in [1.82, 2.24) is 0 Å². The molecule has 0 saturated carbocycles. The minimum Gasteiger partial charge on any atom is -0.508 e. The molecule has 5 nitrogen and oxygen atoms in total. The molecule has 2 N–H and O–H groups in total. The van der Waals surface area contributed by atoms with Crippen LogP contribution in [0.2, 0.25) is 0 Å². The Morgan fingerprint density at radius 2 is 1.73 bits per heavy atom. The lowest BCUT2D eigenvalue weighted by Gasteiger charge is -2.27. The fourth-order valence-electron chi connectivity index (χ4n) is 2.79. The summed E-state index contributed by atoms with van der Waals surface area (Å²) in [5.74, 6) is 1.28. The number of ether oxygens (including phenoxy) is 2. The van der Waals surface area contributed by atoms with Crippen molar-refractivity contribution in [3.8, 4) is 17.2 Å². The van der Waals surface area contributed by atoms with Gasteiger partial charge in [0.1, 0.15) is 5.75 Å². The maximum Gasteiger partial charge on any atom is 0.225 e. The van der Waals surface area contributed by atoms with Crippen LogP contribution in [0.25, 0.3) is 0 Å². The second-order valence-electron chi connectivity index (χ2n) is 5.19. The van der Waals surface area contributed by atoms with Crippen LogP contribution < -0.4 is 14.8 Å². The van der Waals surface area contributed by atoms with E-state index in [0.717, 1.165) is 16.8 Å². The first-order chi connectivity index (χ1) is 10.6. The van der Waals surface area contributed by atoms with Crippen LogP contribution in [0.3, 0.4) is 0 Å². The number of hydrogen-bond acceptors (Lipinski definition) is 4. The van der Waals surface area contributed by atoms with Crippen LogP contribution in [0, 0.1) is 0 Å². The number of rotatable bonds is 3. The molecule has 1 unspecified atom stereocenters. The number of amides is 1. The SMILES string of the molecule is COc1cc2c(cc1OC)C(c1ccc(O)cc1)CC(=O)N2. The molecule has 3 rings (SSSR count). The molecule has 22 heavy (non-hydrogen) atoms. The van der Waals surface area contributed by atoms with E-state index < -0.39 is 0 Å². The monoisotopic (exact) mass is 299 g/mol. The second-order valence-corrected chi connectivity index (χ2v) is 5.19. The molecule has 0 aliphatic carbocycles. The maximum atomic E-state index is 12.0. The number of methoxy groups -OCH3 is 2. The number of benzene rings is 2. The largest absolute Gasteiger partial charge is 0.508 e. The van der Waals surface area contributed by atoms with Gasteiger partial charge >= 0.3 is 0 Å². The third kappa shape index (κ3) is 2.45. The van der Waals surface area contributed by atoms with Crippen molar-refractivity contribution in [2.75, 3.05) is 19.5 Å². The quantitative estimate of drug-likeness (QED) is 0.914. The van der Waals surface area contributed by atoms with Crippen molar-refractivity contribution >= 4 is 11.6 Å². The molecule has 1 atom stereocenters. The Labute approximate surface area is 128 Å². The lowest BCUT2D eigenvalue weighted by Crippen LogP contribution is -2.23. The molecule has 1 aliphatic rings. The Balaban J connectivity index is 2.11. The van der Waals surface area contributed by atoms with Gasteiger partial charge in [-0.05, 0) is 29.3 Å². The number of hydrogen-bond donors (Lipinski definition) is 2. The molecule has 0 aromatic heterocycles. The first kappa shape index (κ1) is 14.3. The highest BCUT2D eigenvalue weighted by Gasteiger charge is 2.28. The Kier molecular flexibility index (Phi) is 3.63. The molecule has 0 fully saturated rings. The number of phenolic OH excluding ortho intramolecular Hbond substituents is 1. The Morgan fingerprint density at radius 3 is 2.36 bits per heavy atom. The lowest BCUT2D eigenvalue weighted by molar-refractivity contribution is -0.116. The highest BCUT2D eigenvalue weighted by Crippen LogP contribution is 2.43. The molecule has 1 amide bonds. The van der Waals surface area contributed by atoms with E-state index in [0.29, 0.717) is 17.9 Å². The van der Waals surface area contributed by atoms with Gasteiger partial charge in [0.05, 0.1) is 14.2 Å². The summed E-state index contributed by atoms with van der Waals surface area (Å²) in [4.78, 5) is 12.0. The van der Waals surface area contributed by atoms with E-state index in [1.165, 1.54) is 0 Å². The van der Waals surface area contributed by atoms with Crippen LogP contribution in [-0.2, 0) is 4.79 Å². The van der Waals surface area contributed by atoms with Gasteiger partial charge in [-0.2, -0.15) is 0 Å². The summed E-state index contributed by atoms with van der Waals surface area (Å²) in [6.07, 6.45) is 0.354. The molecule has 0 saturated heterocycles. The average molecular weight is 299 g/mol. The number of carbonyl (C=O) groups is 1. The van der Waals surface area contributed by atoms with Gasteiger partial charge in [-0.3, -0.25) is 4.79 Å². The fraction of sp³-hybridized carbons (Fsp3) is 0.235. The highest BCUT2D eigenvalue weighted by molar-refractivity contribution is 5.96. The maximum absolute atomic E-state index is 12.0. The van der Waals surface area contributed by atoms with Crippen LogP contribution >= 0.6 is 0 Å². The minimum atomic E-state index is -0.0795. The number of fused-ring (bicyclic) bond motifs is 1. The van der Waals surface area contributed by atoms with E-state index in [4.69, 9.17) is 9.47 Å². The van der Waals surface area contributed by atoms with Gasteiger partial charge < -0.3 is 19.9 Å². The normalized spacial score (nSPS) is 16.6. The standard InChI is InChI=1S/C17H17NO4/c1-21-15-7-13-12(10-3-5-11(19)6-4-10)8-17(20)18-14(13)9-16(15)22-2/h3-7,9,12,19H,8H2,1-2H3,(H,18,20). The van der Waals surface area contributed by atoms with Gasteiger partial charge in [-0.25, -0.2) is 0 Å². The molecule has 114 valence electrons. The van der Waals surface area contributed by atoms with Crippen molar-refractivity contribution in [3.63, 3.8) is 0 Å². The summed E-state index contributed by atoms with van der Waals surface area (Å²) in [5, 5.41) is 12.3. The predicted octanol–water partition coefficient (Wildman–Crippen LogP) is 2.88. The van der Waals surface area contributed by atoms with Crippen LogP contribution in [0.1, 0.15) is 23.5 Å². The number of carbonyl (C=O) groups excluding carboxylic acids is 1. The zero-order valence-electron chi connectivity index (χ0n) is 12.4. The molecule has 0 radical (unpaired) electrons. The molecular formula is C17H17NO4. The zero-order chi connectivity index (χ0) is 15.7. The number of anilines is 1. The molecule has 1 aliphatic heterocycles. The van der Waals surface area contributed by atoms with E-state index in [1.807, 2.05) is 18.2 Å². The zero-order valence-corrected chi connectivity index (χ0v) is 12.4. The van der Waals surface area contributed by atoms with Crippen molar-refractivity contribution in [1.29, 1.82) is 0 Å². The lowest BCUT2D eigenvalue weighted by atomic mass is 9.84. The second kappa shape index (κ2) is 5.60. The van der Waals surface area contributed by atoms with Crippen molar-refractivity contribution in [2.45, 2.75) is 12.3 Å². The van der Waals surface area contributed by atoms with Gasteiger partial charge in [0.25, 0.3) is 0 Å². The van der Waals surface area contributed by atoms with Gasteiger partial charge in [0.2, 0.25) is 5.91 Å². The molecular weight excluding hydrogens is 282 g/mol. The Bertz CT molecular complexity index is 709. The van der Waals surface area contributed by atoms with E-state index in [9.17, 15) is 9.90 Å². The third-order valence-electron chi connectivity index (χ3n) is 3.89. The summed E-state index contributed by atoms with van der Waals surface area (Å²) in [6.45, 7) is 0. The number of phenols is 1. The minimum absolute atomic E-state index is 0.0437. The first-order valence-corrected chi connectivity index (χ1v) is 6.97. The predicted molar refractivity (Wildman–Crippen MR) is 82.7 cm³/mol. The van der Waals surface area contributed by atoms with Gasteiger partial charge in [-0.1, -0.05) is 12.1 Å². The fourth-order valence-corrected chi connectivity index (χ4v) is 2.79. The summed E-state index contributed by atoms with van der Waals surface area (Å²) < 4.78 is 10.6. The Hall–Kier alpha value is -2.69. The highest BCUT2D eigenvalue weighted by atomic mass is 16.5. The third-order valence-corrected chi connectivity index (χ3v) is 3.89. The van der Waals surface area contributed by atoms with Crippen LogP contribution in [0.5, 0.6) is 17.2 Å². The van der Waals surface area contributed by atoms with Crippen molar-refractivity contribution < 1.29 is 19.4 Å². The number of nitrogens with one attached hydrogen (secondary N) is 1. The van der Waals surface area contributed by atoms with Gasteiger partial charge in [0.15, 0.2) is 11.5 Å². The smallest absolute Gasteiger partial charge is 0.225 e. The molecule has 2 aromatic rings. The molecule has 0 bridgehead atoms. The summed E-state index contributed by atoms with van der Waals surface area (Å²) in [5.41, 5.74) is 2.68. The summed E-state index contributed by atoms with van der Waals surface area (Å²) >= 11 is 0. The van der Waals surface area contributed by atoms with E-state index in [-0.39, 0.29) is 17.6 Å². The summed E-state index contributed by atoms with van der Waals surface area (Å²) in [7, 11) is 3.15. The molecule has 1 heterocycles. The molecule has 2 aromatic carbocycles. The van der Waals surface area contributed by atoms with Gasteiger partial charge in [0, 0.05) is 24.1 Å². The van der Waals surface area contributed by atoms with Crippen LogP contribution in [0.15, 0.2) is 36.4 Å². The number of aromatic hydroxyl groups is 1. The Morgan fingerprint density at radius 1 is 1.09 bits per heavy atom. The molecule has 5 heteroatoms. The topological polar surface area (TPSA) is 67.8 Å². The van der Waals surface area contributed by atoms with Gasteiger partial charge in [-0.15, -0.1) is 0 Å². The van der Waals surface area contributed by atoms with Crippen molar-refractivity contribution in [3.05, 3.63) is 47.5 Å². The van der Waals surface area contributed by atoms with E-state index in [1.54, 1.807) is 32.4 Å². The summed E-state index contributed by atoms with van der Waals surface area (Å²) in [6, 6.07) is 10.6. The van der Waals surface area contributed by atoms with E-state index >= 15 is 0 Å². The average Bonchev–Trinajstić information content (AvgIpc) is 2.53. The van der Waals surface area contributed by atoms with Crippen LogP contribution in [-0.4, -0.2) is 25.2 Å².